The van der Waals surface area contributed by atoms with Crippen molar-refractivity contribution in [1.82, 2.24) is 0 Å². The average Bonchev–Trinajstić information content (AvgIpc) is 3.42. The topological polar surface area (TPSA) is 38.7 Å². The van der Waals surface area contributed by atoms with E-state index in [4.69, 9.17) is 9.47 Å². The number of ether oxygens (including phenoxy) is 2. The maximum atomic E-state index is 12.0. The fourth-order valence-electron chi connectivity index (χ4n) is 11.5. The predicted octanol–water partition coefficient (Wildman–Crippen LogP) is 25.1. The monoisotopic (exact) mass is 1050 g/mol. The van der Waals surface area contributed by atoms with Crippen LogP contribution in [0.5, 0.6) is 0 Å². The number of unbranched alkanes of at least 4 members (excludes halogenated alkanes) is 48. The molecular weight excluding hydrogens is 913 g/mol. The first-order valence-corrected chi connectivity index (χ1v) is 35.0. The van der Waals surface area contributed by atoms with Crippen molar-refractivity contribution >= 4 is 0 Å². The molecular formula is C72H140O3. The van der Waals surface area contributed by atoms with Gasteiger partial charge in [-0.2, -0.15) is 0 Å². The number of hydrogen-bond acceptors (Lipinski definition) is 3. The van der Waals surface area contributed by atoms with E-state index in [1.165, 1.54) is 334 Å². The maximum absolute atomic E-state index is 12.0. The fourth-order valence-corrected chi connectivity index (χ4v) is 11.5. The molecule has 75 heavy (non-hydrogen) atoms. The Morgan fingerprint density at radius 2 is 0.533 bits per heavy atom. The fraction of sp³-hybridized carbons (Fsp3) is 0.917. The highest BCUT2D eigenvalue weighted by Crippen LogP contribution is 2.27. The van der Waals surface area contributed by atoms with Crippen LogP contribution in [0, 0.1) is 0 Å². The summed E-state index contributed by atoms with van der Waals surface area (Å²) in [6, 6.07) is 0. The Hall–Kier alpha value is -0.900. The highest BCUT2D eigenvalue weighted by Gasteiger charge is 2.29. The number of allylic oxidation sites excluding steroid dienone is 4. The molecule has 0 bridgehead atoms. The molecule has 1 N–H and O–H groups in total. The molecule has 0 aliphatic carbocycles. The van der Waals surface area contributed by atoms with Crippen molar-refractivity contribution in [1.29, 1.82) is 0 Å². The lowest BCUT2D eigenvalue weighted by atomic mass is 9.96. The van der Waals surface area contributed by atoms with Gasteiger partial charge in [0, 0.05) is 6.61 Å². The Labute approximate surface area is 474 Å². The number of rotatable bonds is 67. The van der Waals surface area contributed by atoms with Crippen LogP contribution in [0.4, 0.5) is 0 Å². The van der Waals surface area contributed by atoms with Crippen LogP contribution in [0.25, 0.3) is 0 Å². The largest absolute Gasteiger partial charge is 0.390 e. The van der Waals surface area contributed by atoms with Crippen LogP contribution in [0.15, 0.2) is 37.5 Å². The first kappa shape index (κ1) is 74.1. The second-order valence-electron chi connectivity index (χ2n) is 24.2. The van der Waals surface area contributed by atoms with Gasteiger partial charge in [0.05, 0.1) is 24.4 Å². The van der Waals surface area contributed by atoms with Gasteiger partial charge in [-0.15, -0.1) is 13.2 Å². The molecule has 0 aromatic rings. The first-order valence-electron chi connectivity index (χ1n) is 35.0. The molecule has 0 aromatic carbocycles. The Kier molecular flexibility index (Phi) is 64.8. The molecule has 4 unspecified atom stereocenters. The normalized spacial score (nSPS) is 13.5. The maximum Gasteiger partial charge on any atom is 0.0841 e. The van der Waals surface area contributed by atoms with Gasteiger partial charge in [0.25, 0.3) is 0 Å². The van der Waals surface area contributed by atoms with Crippen molar-refractivity contribution in [2.75, 3.05) is 6.61 Å². The molecule has 0 saturated heterocycles. The zero-order valence-corrected chi connectivity index (χ0v) is 52.0. The lowest BCUT2D eigenvalue weighted by Gasteiger charge is -2.34. The van der Waals surface area contributed by atoms with Crippen molar-refractivity contribution < 1.29 is 14.6 Å². The van der Waals surface area contributed by atoms with Crippen LogP contribution in [-0.2, 0) is 9.47 Å². The zero-order chi connectivity index (χ0) is 54.3. The van der Waals surface area contributed by atoms with Gasteiger partial charge < -0.3 is 14.6 Å². The van der Waals surface area contributed by atoms with E-state index in [0.29, 0.717) is 0 Å². The standard InChI is InChI=1S/C72H140O3/c1-6-11-16-21-26-29-32-35-38-41-44-47-50-53-58-63-68-74-71(66-61-56-25-20-15-10-5)72(67-62-57-52-49-46-43-40-37-34-31-28-23-18-13-8-3)75-70(65-60-55-24-19-14-9-4)69(73)64-59-54-51-48-45-42-39-36-33-30-27-22-17-12-7-2/h7-8,35,38,69-73H,2-3,6,9-34,36-37,39-68H2,1,4-5H3/b38-35-. The van der Waals surface area contributed by atoms with Gasteiger partial charge in [-0.25, -0.2) is 0 Å². The zero-order valence-electron chi connectivity index (χ0n) is 52.0. The summed E-state index contributed by atoms with van der Waals surface area (Å²) in [7, 11) is 0. The smallest absolute Gasteiger partial charge is 0.0841 e. The van der Waals surface area contributed by atoms with Crippen molar-refractivity contribution in [3.05, 3.63) is 37.5 Å². The quantitative estimate of drug-likeness (QED) is 0.0487. The van der Waals surface area contributed by atoms with Crippen LogP contribution < -0.4 is 0 Å². The summed E-state index contributed by atoms with van der Waals surface area (Å²) in [4.78, 5) is 0. The van der Waals surface area contributed by atoms with E-state index in [-0.39, 0.29) is 24.4 Å². The van der Waals surface area contributed by atoms with E-state index in [9.17, 15) is 5.11 Å². The van der Waals surface area contributed by atoms with Crippen LogP contribution in [0.2, 0.25) is 0 Å². The summed E-state index contributed by atoms with van der Waals surface area (Å²) < 4.78 is 14.4. The lowest BCUT2D eigenvalue weighted by Crippen LogP contribution is -2.40. The summed E-state index contributed by atoms with van der Waals surface area (Å²) in [5, 5.41) is 12.0. The van der Waals surface area contributed by atoms with E-state index in [1.54, 1.807) is 0 Å². The second kappa shape index (κ2) is 65.6. The average molecular weight is 1050 g/mol. The van der Waals surface area contributed by atoms with Crippen LogP contribution >= 0.6 is 0 Å². The molecule has 4 atom stereocenters. The van der Waals surface area contributed by atoms with Crippen molar-refractivity contribution in [2.24, 2.45) is 0 Å². The number of hydrogen-bond donors (Lipinski definition) is 1. The summed E-state index contributed by atoms with van der Waals surface area (Å²) >= 11 is 0. The third-order valence-electron chi connectivity index (χ3n) is 16.7. The van der Waals surface area contributed by atoms with Gasteiger partial charge in [0.2, 0.25) is 0 Å². The molecule has 0 heterocycles. The Morgan fingerprint density at radius 3 is 0.867 bits per heavy atom. The van der Waals surface area contributed by atoms with Gasteiger partial charge >= 0.3 is 0 Å². The Bertz CT molecular complexity index is 1080. The van der Waals surface area contributed by atoms with Gasteiger partial charge in [-0.1, -0.05) is 334 Å². The highest BCUT2D eigenvalue weighted by molar-refractivity contribution is 4.82. The Morgan fingerprint density at radius 1 is 0.280 bits per heavy atom. The number of aliphatic hydroxyl groups is 1. The van der Waals surface area contributed by atoms with E-state index in [0.717, 1.165) is 45.1 Å². The SMILES string of the molecule is C=CCCCCCCCCCCCCCCCC(O)C(CCCCCCCC)OC(CCCCCCCCCCCCCCCC=C)C(CCCCCCCC)OCCCCCCCC/C=C\CCCCCCCC. The van der Waals surface area contributed by atoms with Crippen LogP contribution in [-0.4, -0.2) is 36.1 Å². The molecule has 0 radical (unpaired) electrons. The molecule has 3 nitrogen and oxygen atoms in total. The van der Waals surface area contributed by atoms with Gasteiger partial charge in [0.1, 0.15) is 0 Å². The first-order chi connectivity index (χ1) is 37.1. The lowest BCUT2D eigenvalue weighted by molar-refractivity contribution is -0.140. The molecule has 0 amide bonds. The molecule has 3 heteroatoms. The number of aliphatic hydroxyl groups excluding tert-OH is 1. The third-order valence-corrected chi connectivity index (χ3v) is 16.7. The van der Waals surface area contributed by atoms with Gasteiger partial charge in [-0.05, 0) is 83.5 Å². The molecule has 0 aliphatic heterocycles. The molecule has 0 saturated carbocycles. The minimum Gasteiger partial charge on any atom is -0.390 e. The van der Waals surface area contributed by atoms with E-state index in [1.807, 2.05) is 0 Å². The molecule has 446 valence electrons. The minimum atomic E-state index is -0.373. The molecule has 0 fully saturated rings. The molecule has 0 aliphatic rings. The van der Waals surface area contributed by atoms with Crippen molar-refractivity contribution in [2.45, 2.75) is 418 Å². The summed E-state index contributed by atoms with van der Waals surface area (Å²) in [5.74, 6) is 0. The minimum absolute atomic E-state index is 0.0728. The van der Waals surface area contributed by atoms with E-state index < -0.39 is 0 Å². The Balaban J connectivity index is 5.48. The van der Waals surface area contributed by atoms with Crippen LogP contribution in [0.3, 0.4) is 0 Å². The van der Waals surface area contributed by atoms with Gasteiger partial charge in [-0.3, -0.25) is 0 Å². The third kappa shape index (κ3) is 57.6. The van der Waals surface area contributed by atoms with Crippen molar-refractivity contribution in [3.8, 4) is 0 Å². The molecule has 0 spiro atoms. The highest BCUT2D eigenvalue weighted by atomic mass is 16.6. The van der Waals surface area contributed by atoms with Crippen LogP contribution in [0.1, 0.15) is 393 Å². The second-order valence-corrected chi connectivity index (χ2v) is 24.2. The van der Waals surface area contributed by atoms with E-state index in [2.05, 4.69) is 58.2 Å². The summed E-state index contributed by atoms with van der Waals surface area (Å²) in [6.45, 7) is 15.5. The molecule has 0 rings (SSSR count). The van der Waals surface area contributed by atoms with Crippen molar-refractivity contribution in [3.63, 3.8) is 0 Å². The summed E-state index contributed by atoms with van der Waals surface area (Å²) in [5.41, 5.74) is 0. The summed E-state index contributed by atoms with van der Waals surface area (Å²) in [6.07, 6.45) is 84.8. The van der Waals surface area contributed by atoms with Gasteiger partial charge in [0.15, 0.2) is 0 Å². The predicted molar refractivity (Wildman–Crippen MR) is 339 cm³/mol. The molecule has 0 aromatic heterocycles. The van der Waals surface area contributed by atoms with E-state index >= 15 is 0 Å².